The van der Waals surface area contributed by atoms with Crippen LogP contribution in [0.3, 0.4) is 0 Å². The molecule has 20 heavy (non-hydrogen) atoms. The van der Waals surface area contributed by atoms with Crippen molar-refractivity contribution in [2.24, 2.45) is 0 Å². The van der Waals surface area contributed by atoms with Crippen molar-refractivity contribution < 1.29 is 18.3 Å². The van der Waals surface area contributed by atoms with Gasteiger partial charge >= 0.3 is 0 Å². The zero-order valence-electron chi connectivity index (χ0n) is 11.2. The normalized spacial score (nSPS) is 10.2. The lowest BCUT2D eigenvalue weighted by Crippen LogP contribution is -2.04. The predicted octanol–water partition coefficient (Wildman–Crippen LogP) is 3.59. The van der Waals surface area contributed by atoms with E-state index >= 15 is 0 Å². The Labute approximate surface area is 116 Å². The highest BCUT2D eigenvalue weighted by molar-refractivity contribution is 5.50. The van der Waals surface area contributed by atoms with Crippen LogP contribution in [0.4, 0.5) is 14.5 Å². The van der Waals surface area contributed by atoms with E-state index in [4.69, 9.17) is 9.47 Å². The second-order valence-corrected chi connectivity index (χ2v) is 4.13. The summed E-state index contributed by atoms with van der Waals surface area (Å²) in [5.74, 6) is -0.0460. The minimum absolute atomic E-state index is 0.233. The van der Waals surface area contributed by atoms with E-state index in [1.807, 2.05) is 12.1 Å². The zero-order chi connectivity index (χ0) is 14.5. The average molecular weight is 279 g/mol. The maximum atomic E-state index is 13.5. The molecule has 2 aromatic carbocycles. The molecule has 0 aromatic heterocycles. The zero-order valence-corrected chi connectivity index (χ0v) is 11.2. The quantitative estimate of drug-likeness (QED) is 0.907. The standard InChI is InChI=1S/C15H15F2NO2/c1-19-14-5-3-4-10(15(14)20-2)9-18-13-7-6-11(16)8-12(13)17/h3-8,18H,9H2,1-2H3. The molecular formula is C15H15F2NO2. The molecule has 106 valence electrons. The molecule has 0 aliphatic carbocycles. The highest BCUT2D eigenvalue weighted by Crippen LogP contribution is 2.31. The molecule has 0 aliphatic heterocycles. The summed E-state index contributed by atoms with van der Waals surface area (Å²) in [4.78, 5) is 0. The Hall–Kier alpha value is -2.30. The Morgan fingerprint density at radius 1 is 1.05 bits per heavy atom. The molecule has 0 saturated heterocycles. The van der Waals surface area contributed by atoms with Gasteiger partial charge in [0.25, 0.3) is 0 Å². The Kier molecular flexibility index (Phi) is 4.40. The van der Waals surface area contributed by atoms with E-state index in [-0.39, 0.29) is 5.69 Å². The molecule has 2 aromatic rings. The number of halogens is 2. The summed E-state index contributed by atoms with van der Waals surface area (Å²) in [5, 5.41) is 2.91. The number of para-hydroxylation sites is 1. The number of rotatable bonds is 5. The van der Waals surface area contributed by atoms with Crippen molar-refractivity contribution in [2.45, 2.75) is 6.54 Å². The molecule has 0 fully saturated rings. The number of hydrogen-bond acceptors (Lipinski definition) is 3. The van der Waals surface area contributed by atoms with Crippen LogP contribution in [-0.4, -0.2) is 14.2 Å². The van der Waals surface area contributed by atoms with Crippen molar-refractivity contribution in [1.29, 1.82) is 0 Å². The summed E-state index contributed by atoms with van der Waals surface area (Å²) in [5.41, 5.74) is 1.05. The van der Waals surface area contributed by atoms with E-state index < -0.39 is 11.6 Å². The molecule has 0 saturated carbocycles. The number of nitrogens with one attached hydrogen (secondary N) is 1. The Morgan fingerprint density at radius 3 is 2.50 bits per heavy atom. The highest BCUT2D eigenvalue weighted by atomic mass is 19.1. The van der Waals surface area contributed by atoms with Crippen LogP contribution in [0.15, 0.2) is 36.4 Å². The van der Waals surface area contributed by atoms with E-state index in [1.54, 1.807) is 20.3 Å². The van der Waals surface area contributed by atoms with Crippen LogP contribution in [0.2, 0.25) is 0 Å². The van der Waals surface area contributed by atoms with Crippen molar-refractivity contribution in [3.05, 3.63) is 53.6 Å². The van der Waals surface area contributed by atoms with Gasteiger partial charge in [0, 0.05) is 18.2 Å². The molecule has 0 bridgehead atoms. The van der Waals surface area contributed by atoms with Crippen molar-refractivity contribution in [1.82, 2.24) is 0 Å². The summed E-state index contributed by atoms with van der Waals surface area (Å²) in [7, 11) is 3.09. The van der Waals surface area contributed by atoms with Gasteiger partial charge in [-0.25, -0.2) is 8.78 Å². The summed E-state index contributed by atoms with van der Waals surface area (Å²) >= 11 is 0. The summed E-state index contributed by atoms with van der Waals surface area (Å²) < 4.78 is 36.8. The highest BCUT2D eigenvalue weighted by Gasteiger charge is 2.10. The molecular weight excluding hydrogens is 264 g/mol. The van der Waals surface area contributed by atoms with E-state index in [9.17, 15) is 8.78 Å². The van der Waals surface area contributed by atoms with Gasteiger partial charge in [0.05, 0.1) is 19.9 Å². The van der Waals surface area contributed by atoms with Gasteiger partial charge < -0.3 is 14.8 Å². The van der Waals surface area contributed by atoms with Crippen LogP contribution in [0, 0.1) is 11.6 Å². The minimum atomic E-state index is -0.633. The van der Waals surface area contributed by atoms with Gasteiger partial charge in [0.2, 0.25) is 0 Å². The van der Waals surface area contributed by atoms with Gasteiger partial charge in [0.15, 0.2) is 11.5 Å². The maximum Gasteiger partial charge on any atom is 0.165 e. The first kappa shape index (κ1) is 14.1. The molecule has 0 aliphatic rings. The van der Waals surface area contributed by atoms with Crippen LogP contribution in [-0.2, 0) is 6.54 Å². The van der Waals surface area contributed by atoms with Gasteiger partial charge in [-0.15, -0.1) is 0 Å². The van der Waals surface area contributed by atoms with Crippen molar-refractivity contribution in [3.8, 4) is 11.5 Å². The molecule has 1 N–H and O–H groups in total. The molecule has 5 heteroatoms. The van der Waals surface area contributed by atoms with Gasteiger partial charge in [-0.3, -0.25) is 0 Å². The Bertz CT molecular complexity index is 602. The molecule has 3 nitrogen and oxygen atoms in total. The molecule has 0 unspecified atom stereocenters. The van der Waals surface area contributed by atoms with Crippen LogP contribution in [0.25, 0.3) is 0 Å². The predicted molar refractivity (Wildman–Crippen MR) is 73.2 cm³/mol. The van der Waals surface area contributed by atoms with E-state index in [2.05, 4.69) is 5.32 Å². The van der Waals surface area contributed by atoms with E-state index in [0.717, 1.165) is 11.6 Å². The lowest BCUT2D eigenvalue weighted by atomic mass is 10.1. The minimum Gasteiger partial charge on any atom is -0.493 e. The maximum absolute atomic E-state index is 13.5. The fourth-order valence-corrected chi connectivity index (χ4v) is 1.92. The topological polar surface area (TPSA) is 30.5 Å². The molecule has 0 atom stereocenters. The van der Waals surface area contributed by atoms with Gasteiger partial charge in [-0.1, -0.05) is 12.1 Å². The molecule has 0 heterocycles. The second-order valence-electron chi connectivity index (χ2n) is 4.13. The molecule has 2 rings (SSSR count). The lowest BCUT2D eigenvalue weighted by Gasteiger charge is -2.14. The lowest BCUT2D eigenvalue weighted by molar-refractivity contribution is 0.352. The van der Waals surface area contributed by atoms with Crippen LogP contribution in [0.1, 0.15) is 5.56 Å². The average Bonchev–Trinajstić information content (AvgIpc) is 2.45. The SMILES string of the molecule is COc1cccc(CNc2ccc(F)cc2F)c1OC. The van der Waals surface area contributed by atoms with Crippen LogP contribution in [0.5, 0.6) is 11.5 Å². The third-order valence-electron chi connectivity index (χ3n) is 2.88. The smallest absolute Gasteiger partial charge is 0.165 e. The van der Waals surface area contributed by atoms with E-state index in [0.29, 0.717) is 18.0 Å². The third kappa shape index (κ3) is 2.99. The van der Waals surface area contributed by atoms with Gasteiger partial charge in [0.1, 0.15) is 11.6 Å². The monoisotopic (exact) mass is 279 g/mol. The summed E-state index contributed by atoms with van der Waals surface area (Å²) in [6.45, 7) is 0.336. The first-order chi connectivity index (χ1) is 9.65. The van der Waals surface area contributed by atoms with Crippen LogP contribution < -0.4 is 14.8 Å². The van der Waals surface area contributed by atoms with E-state index in [1.165, 1.54) is 12.1 Å². The fraction of sp³-hybridized carbons (Fsp3) is 0.200. The number of anilines is 1. The van der Waals surface area contributed by atoms with Crippen LogP contribution >= 0.6 is 0 Å². The van der Waals surface area contributed by atoms with Crippen molar-refractivity contribution in [2.75, 3.05) is 19.5 Å². The number of hydrogen-bond donors (Lipinski definition) is 1. The second kappa shape index (κ2) is 6.23. The van der Waals surface area contributed by atoms with Gasteiger partial charge in [-0.2, -0.15) is 0 Å². The van der Waals surface area contributed by atoms with Gasteiger partial charge in [-0.05, 0) is 18.2 Å². The Morgan fingerprint density at radius 2 is 1.85 bits per heavy atom. The van der Waals surface area contributed by atoms with Crippen molar-refractivity contribution >= 4 is 5.69 Å². The molecule has 0 spiro atoms. The number of ether oxygens (including phenoxy) is 2. The molecule has 0 amide bonds. The first-order valence-electron chi connectivity index (χ1n) is 6.04. The Balaban J connectivity index is 2.18. The summed E-state index contributed by atoms with van der Waals surface area (Å²) in [6.07, 6.45) is 0. The number of methoxy groups -OCH3 is 2. The summed E-state index contributed by atoms with van der Waals surface area (Å²) in [6, 6.07) is 8.84. The first-order valence-corrected chi connectivity index (χ1v) is 6.04. The largest absolute Gasteiger partial charge is 0.493 e. The molecule has 0 radical (unpaired) electrons. The fourth-order valence-electron chi connectivity index (χ4n) is 1.92. The van der Waals surface area contributed by atoms with Crippen molar-refractivity contribution in [3.63, 3.8) is 0 Å². The number of benzene rings is 2. The third-order valence-corrected chi connectivity index (χ3v) is 2.88.